The summed E-state index contributed by atoms with van der Waals surface area (Å²) in [4.78, 5) is 0. The zero-order valence-corrected chi connectivity index (χ0v) is 46.7. The lowest BCUT2D eigenvalue weighted by molar-refractivity contribution is 0.440. The minimum Gasteiger partial charge on any atom is -0.508 e. The average Bonchev–Trinajstić information content (AvgIpc) is 3.71. The van der Waals surface area contributed by atoms with Crippen molar-refractivity contribution in [2.24, 2.45) is 0 Å². The summed E-state index contributed by atoms with van der Waals surface area (Å²) in [6.45, 7) is 0. The molecule has 0 radical (unpaired) electrons. The summed E-state index contributed by atoms with van der Waals surface area (Å²) in [7, 11) is 0. The van der Waals surface area contributed by atoms with Gasteiger partial charge in [-0.1, -0.05) is 223 Å². The number of rotatable bonds is 8. The van der Waals surface area contributed by atoms with Crippen molar-refractivity contribution in [3.05, 3.63) is 259 Å². The highest BCUT2D eigenvalue weighted by Gasteiger charge is 2.33. The van der Waals surface area contributed by atoms with E-state index in [4.69, 9.17) is 0 Å². The van der Waals surface area contributed by atoms with Crippen LogP contribution >= 0.6 is 0 Å². The van der Waals surface area contributed by atoms with Gasteiger partial charge < -0.3 is 20.4 Å². The largest absolute Gasteiger partial charge is 0.508 e. The molecule has 408 valence electrons. The molecule has 0 aliphatic heterocycles. The van der Waals surface area contributed by atoms with E-state index in [2.05, 4.69) is 146 Å². The van der Waals surface area contributed by atoms with Gasteiger partial charge in [-0.15, -0.1) is 0 Å². The van der Waals surface area contributed by atoms with Gasteiger partial charge in [0, 0.05) is 52.0 Å². The Balaban J connectivity index is 1.05. The highest BCUT2D eigenvalue weighted by Crippen LogP contribution is 2.50. The van der Waals surface area contributed by atoms with E-state index in [0.29, 0.717) is 34.8 Å². The first-order chi connectivity index (χ1) is 39.3. The van der Waals surface area contributed by atoms with Gasteiger partial charge in [-0.25, -0.2) is 0 Å². The number of aromatic hydroxyl groups is 4. The molecule has 4 atom stereocenters. The van der Waals surface area contributed by atoms with Gasteiger partial charge in [0.1, 0.15) is 23.0 Å². The van der Waals surface area contributed by atoms with Crippen molar-refractivity contribution in [3.63, 3.8) is 0 Å². The summed E-state index contributed by atoms with van der Waals surface area (Å²) in [5, 5.41) is 50.0. The molecule has 0 spiro atoms. The molecule has 5 aliphatic rings. The van der Waals surface area contributed by atoms with Gasteiger partial charge in [0.15, 0.2) is 0 Å². The van der Waals surface area contributed by atoms with E-state index in [-0.39, 0.29) is 28.9 Å². The van der Waals surface area contributed by atoms with E-state index in [9.17, 15) is 20.4 Å². The molecular formula is C76H80O4. The molecule has 4 heteroatoms. The molecule has 8 aromatic rings. The van der Waals surface area contributed by atoms with Crippen molar-refractivity contribution in [1.82, 2.24) is 0 Å². The molecule has 8 bridgehead atoms. The first-order valence-corrected chi connectivity index (χ1v) is 31.0. The summed E-state index contributed by atoms with van der Waals surface area (Å²) in [5.74, 6) is 0.985. The number of fused-ring (bicyclic) bond motifs is 8. The molecule has 0 saturated heterocycles. The molecule has 0 aromatic heterocycles. The predicted molar refractivity (Wildman–Crippen MR) is 325 cm³/mol. The van der Waals surface area contributed by atoms with Crippen molar-refractivity contribution < 1.29 is 20.4 Å². The highest BCUT2D eigenvalue weighted by molar-refractivity contribution is 5.62. The maximum absolute atomic E-state index is 12.5. The molecular weight excluding hydrogens is 977 g/mol. The number of phenols is 4. The van der Waals surface area contributed by atoms with E-state index < -0.39 is 17.8 Å². The smallest absolute Gasteiger partial charge is 0.123 e. The van der Waals surface area contributed by atoms with Gasteiger partial charge in [-0.3, -0.25) is 0 Å². The van der Waals surface area contributed by atoms with Gasteiger partial charge in [-0.2, -0.15) is 0 Å². The van der Waals surface area contributed by atoms with E-state index in [0.717, 1.165) is 55.6 Å². The molecule has 4 saturated carbocycles. The number of hydrogen-bond donors (Lipinski definition) is 4. The van der Waals surface area contributed by atoms with Crippen molar-refractivity contribution in [2.75, 3.05) is 0 Å². The molecule has 8 aromatic carbocycles. The third-order valence-corrected chi connectivity index (χ3v) is 20.2. The third kappa shape index (κ3) is 10.6. The van der Waals surface area contributed by atoms with Crippen molar-refractivity contribution >= 4 is 0 Å². The fourth-order valence-corrected chi connectivity index (χ4v) is 15.8. The summed E-state index contributed by atoms with van der Waals surface area (Å²) < 4.78 is 0. The average molecular weight is 1060 g/mol. The van der Waals surface area contributed by atoms with Crippen LogP contribution in [0.15, 0.2) is 170 Å². The lowest BCUT2D eigenvalue weighted by atomic mass is 9.75. The van der Waals surface area contributed by atoms with Gasteiger partial charge in [0.2, 0.25) is 0 Å². The zero-order valence-electron chi connectivity index (χ0n) is 46.7. The van der Waals surface area contributed by atoms with Crippen LogP contribution in [0.5, 0.6) is 23.0 Å². The van der Waals surface area contributed by atoms with Gasteiger partial charge >= 0.3 is 0 Å². The molecule has 80 heavy (non-hydrogen) atoms. The minimum absolute atomic E-state index is 0.0262. The molecule has 4 nitrogen and oxygen atoms in total. The van der Waals surface area contributed by atoms with Crippen LogP contribution < -0.4 is 0 Å². The Bertz CT molecular complexity index is 3340. The van der Waals surface area contributed by atoms with E-state index in [1.165, 1.54) is 151 Å². The summed E-state index contributed by atoms with van der Waals surface area (Å²) in [6, 6.07) is 61.5. The van der Waals surface area contributed by atoms with E-state index >= 15 is 0 Å². The third-order valence-electron chi connectivity index (χ3n) is 20.2. The molecule has 3 unspecified atom stereocenters. The van der Waals surface area contributed by atoms with E-state index in [1.54, 1.807) is 6.07 Å². The zero-order chi connectivity index (χ0) is 54.1. The minimum atomic E-state index is -0.464. The predicted octanol–water partition coefficient (Wildman–Crippen LogP) is 19.7. The second-order valence-corrected chi connectivity index (χ2v) is 25.0. The standard InChI is InChI=1S/C76H80O4/c77-69-42-40-63-45-65(69)73(57-32-24-53(25-33-57)49-14-5-1-6-15-49)61-22-13-23-62(44-61)74(58-34-26-54(27-35-58)50-16-7-2-8-17-50)67-47-68(72(80)48-71(67)79)76(60-38-30-56(31-39-60)52-20-11-4-12-21-52)64-41-43-70(78)66(46-64)75(63)59-36-28-55(29-37-59)51-18-9-3-10-19-51/h13,22-52,73-80H,1-12,14-21H2/t73?,74?,75?,76-/m0/s1. The lowest BCUT2D eigenvalue weighted by Crippen LogP contribution is -2.13. The molecule has 0 heterocycles. The Kier molecular flexibility index (Phi) is 15.2. The van der Waals surface area contributed by atoms with Gasteiger partial charge in [0.25, 0.3) is 0 Å². The second-order valence-electron chi connectivity index (χ2n) is 25.0. The molecule has 4 fully saturated rings. The Morgan fingerprint density at radius 3 is 0.725 bits per heavy atom. The normalized spacial score (nSPS) is 21.5. The van der Waals surface area contributed by atoms with Crippen LogP contribution in [-0.4, -0.2) is 20.4 Å². The fourth-order valence-electron chi connectivity index (χ4n) is 15.8. The number of benzene rings is 8. The summed E-state index contributed by atoms with van der Waals surface area (Å²) in [6.07, 6.45) is 24.9. The van der Waals surface area contributed by atoms with Crippen LogP contribution in [-0.2, 0) is 0 Å². The highest BCUT2D eigenvalue weighted by atomic mass is 16.3. The Hall–Kier alpha value is -7.04. The quantitative estimate of drug-likeness (QED) is 0.122. The molecule has 0 amide bonds. The molecule has 5 aliphatic carbocycles. The SMILES string of the molecule is Oc1ccc2cc1C(c1ccc(C3CCCCC3)cc1)c1cccc(c1)C(c1ccc(C3CCCCC3)cc1)c1cc(c(O)cc1O)[C@@H](c1ccc(C3CCCCC3)cc1)c1ccc(O)c(c1)C2c1ccc(C2CCCCC2)cc1. The second kappa shape index (κ2) is 23.2. The summed E-state index contributed by atoms with van der Waals surface area (Å²) in [5.41, 5.74) is 16.6. The van der Waals surface area contributed by atoms with Crippen molar-refractivity contribution in [2.45, 2.75) is 176 Å². The molecule has 4 N–H and O–H groups in total. The maximum Gasteiger partial charge on any atom is 0.123 e. The number of hydrogen-bond acceptors (Lipinski definition) is 4. The topological polar surface area (TPSA) is 80.9 Å². The first kappa shape index (κ1) is 52.3. The summed E-state index contributed by atoms with van der Waals surface area (Å²) >= 11 is 0. The van der Waals surface area contributed by atoms with Crippen LogP contribution in [0, 0.1) is 0 Å². The Labute approximate surface area is 475 Å². The van der Waals surface area contributed by atoms with Gasteiger partial charge in [-0.05, 0) is 160 Å². The first-order valence-electron chi connectivity index (χ1n) is 31.0. The fraction of sp³-hybridized carbons (Fsp3) is 0.368. The van der Waals surface area contributed by atoms with Crippen LogP contribution in [0.25, 0.3) is 0 Å². The Morgan fingerprint density at radius 2 is 0.438 bits per heavy atom. The van der Waals surface area contributed by atoms with E-state index in [1.807, 2.05) is 18.2 Å². The van der Waals surface area contributed by atoms with Crippen molar-refractivity contribution in [1.29, 1.82) is 0 Å². The Morgan fingerprint density at radius 1 is 0.200 bits per heavy atom. The van der Waals surface area contributed by atoms with Gasteiger partial charge in [0.05, 0.1) is 0 Å². The monoisotopic (exact) mass is 1060 g/mol. The maximum atomic E-state index is 12.5. The van der Waals surface area contributed by atoms with Crippen LogP contribution in [0.2, 0.25) is 0 Å². The van der Waals surface area contributed by atoms with Crippen LogP contribution in [0.3, 0.4) is 0 Å². The van der Waals surface area contributed by atoms with Crippen LogP contribution in [0.4, 0.5) is 0 Å². The molecule has 13 rings (SSSR count). The van der Waals surface area contributed by atoms with Crippen molar-refractivity contribution in [3.8, 4) is 23.0 Å². The van der Waals surface area contributed by atoms with Crippen LogP contribution in [0.1, 0.15) is 265 Å². The number of phenolic OH excluding ortho intramolecular Hbond substituents is 4. The lowest BCUT2D eigenvalue weighted by Gasteiger charge is -2.29.